The molecule has 0 aromatic carbocycles. The Bertz CT molecular complexity index is 295. The van der Waals surface area contributed by atoms with Crippen molar-refractivity contribution in [3.8, 4) is 0 Å². The van der Waals surface area contributed by atoms with Gasteiger partial charge in [0.05, 0.1) is 0 Å². The summed E-state index contributed by atoms with van der Waals surface area (Å²) < 4.78 is 6.79. The fraction of sp³-hybridized carbons (Fsp3) is 1.00. The maximum atomic E-state index is 6.79. The Morgan fingerprint density at radius 3 is 1.00 bits per heavy atom. The third-order valence-corrected chi connectivity index (χ3v) is 13.4. The Hall–Kier alpha value is 0.974. The zero-order valence-electron chi connectivity index (χ0n) is 18.9. The molecule has 0 saturated heterocycles. The van der Waals surface area contributed by atoms with Gasteiger partial charge in [0.1, 0.15) is 0 Å². The summed E-state index contributed by atoms with van der Waals surface area (Å²) in [6.07, 6.45) is 18.7. The second-order valence-corrected chi connectivity index (χ2v) is 19.1. The van der Waals surface area contributed by atoms with Crippen molar-refractivity contribution in [2.75, 3.05) is 11.8 Å². The van der Waals surface area contributed by atoms with Crippen LogP contribution in [0.2, 0.25) is 38.3 Å². The Balaban J connectivity index is 3.73. The van der Waals surface area contributed by atoms with Crippen molar-refractivity contribution in [2.45, 2.75) is 128 Å². The van der Waals surface area contributed by atoms with Gasteiger partial charge in [-0.3, -0.25) is 0 Å². The zero-order valence-corrected chi connectivity index (χ0v) is 22.4. The molecular formula is C22H48Cl2OSi2. The molecule has 0 unspecified atom stereocenters. The smallest absolute Gasteiger partial charge is 0.173 e. The molecule has 0 spiro atoms. The highest BCUT2D eigenvalue weighted by atomic mass is 35.5. The molecule has 27 heavy (non-hydrogen) atoms. The van der Waals surface area contributed by atoms with E-state index < -0.39 is 16.6 Å². The standard InChI is InChI=1S/C22H48Cl2OSi2/c1-26(2,21-17-13-9-5-7-11-15-19-23)25-27(3,4)22-18-14-10-6-8-12-16-20-24/h5-22H2,1-4H3. The summed E-state index contributed by atoms with van der Waals surface area (Å²) in [4.78, 5) is 0. The Morgan fingerprint density at radius 2 is 0.704 bits per heavy atom. The summed E-state index contributed by atoms with van der Waals surface area (Å²) in [5.41, 5.74) is 0. The van der Waals surface area contributed by atoms with E-state index in [1.54, 1.807) is 0 Å². The molecule has 1 nitrogen and oxygen atoms in total. The molecule has 0 radical (unpaired) electrons. The molecule has 0 saturated carbocycles. The van der Waals surface area contributed by atoms with E-state index in [0.29, 0.717) is 0 Å². The van der Waals surface area contributed by atoms with Gasteiger partial charge < -0.3 is 4.12 Å². The summed E-state index contributed by atoms with van der Waals surface area (Å²) in [7, 11) is -2.96. The first-order chi connectivity index (χ1) is 12.8. The van der Waals surface area contributed by atoms with Gasteiger partial charge in [-0.2, -0.15) is 0 Å². The van der Waals surface area contributed by atoms with E-state index in [9.17, 15) is 0 Å². The van der Waals surface area contributed by atoms with Crippen molar-refractivity contribution in [2.24, 2.45) is 0 Å². The lowest BCUT2D eigenvalue weighted by molar-refractivity contribution is 0.518. The van der Waals surface area contributed by atoms with Crippen LogP contribution in [0.1, 0.15) is 89.9 Å². The normalized spacial score (nSPS) is 12.7. The zero-order chi connectivity index (χ0) is 20.4. The highest BCUT2D eigenvalue weighted by Crippen LogP contribution is 2.26. The number of halogens is 2. The molecule has 5 heteroatoms. The lowest BCUT2D eigenvalue weighted by Gasteiger charge is -2.34. The second-order valence-electron chi connectivity index (χ2n) is 9.45. The van der Waals surface area contributed by atoms with Crippen LogP contribution in [-0.4, -0.2) is 28.4 Å². The molecule has 0 N–H and O–H groups in total. The minimum atomic E-state index is -1.48. The van der Waals surface area contributed by atoms with Gasteiger partial charge in [-0.25, -0.2) is 0 Å². The minimum Gasteiger partial charge on any atom is -0.455 e. The second kappa shape index (κ2) is 17.8. The van der Waals surface area contributed by atoms with E-state index in [0.717, 1.165) is 11.8 Å². The van der Waals surface area contributed by atoms with Crippen LogP contribution in [0.15, 0.2) is 0 Å². The average molecular weight is 456 g/mol. The van der Waals surface area contributed by atoms with E-state index in [1.807, 2.05) is 0 Å². The number of hydrogen-bond acceptors (Lipinski definition) is 1. The number of rotatable bonds is 20. The van der Waals surface area contributed by atoms with Gasteiger partial charge in [0.25, 0.3) is 0 Å². The third kappa shape index (κ3) is 20.0. The molecule has 0 aromatic rings. The molecule has 0 aromatic heterocycles. The first-order valence-corrected chi connectivity index (χ1v) is 18.9. The fourth-order valence-corrected chi connectivity index (χ4v) is 13.3. The van der Waals surface area contributed by atoms with E-state index in [2.05, 4.69) is 26.2 Å². The summed E-state index contributed by atoms with van der Waals surface area (Å²) >= 11 is 11.5. The summed E-state index contributed by atoms with van der Waals surface area (Å²) in [5, 5.41) is 0. The topological polar surface area (TPSA) is 9.23 Å². The molecule has 0 bridgehead atoms. The number of alkyl halides is 2. The van der Waals surface area contributed by atoms with Gasteiger partial charge in [-0.1, -0.05) is 77.0 Å². The molecule has 0 aliphatic heterocycles. The molecule has 0 fully saturated rings. The molecule has 0 rings (SSSR count). The van der Waals surface area contributed by atoms with Crippen molar-refractivity contribution in [3.63, 3.8) is 0 Å². The summed E-state index contributed by atoms with van der Waals surface area (Å²) in [6.45, 7) is 9.77. The van der Waals surface area contributed by atoms with Crippen LogP contribution in [0.3, 0.4) is 0 Å². The predicted octanol–water partition coefficient (Wildman–Crippen LogP) is 9.35. The van der Waals surface area contributed by atoms with Gasteiger partial charge in [0.2, 0.25) is 0 Å². The van der Waals surface area contributed by atoms with Gasteiger partial charge in [0, 0.05) is 11.8 Å². The SMILES string of the molecule is C[Si](C)(CCCCCCCCCCl)O[Si](C)(C)CCCCCCCCCCl. The van der Waals surface area contributed by atoms with Crippen molar-refractivity contribution in [1.29, 1.82) is 0 Å². The molecule has 164 valence electrons. The van der Waals surface area contributed by atoms with Crippen molar-refractivity contribution in [3.05, 3.63) is 0 Å². The van der Waals surface area contributed by atoms with Gasteiger partial charge >= 0.3 is 0 Å². The third-order valence-electron chi connectivity index (χ3n) is 5.38. The Morgan fingerprint density at radius 1 is 0.444 bits per heavy atom. The van der Waals surface area contributed by atoms with Crippen LogP contribution >= 0.6 is 23.2 Å². The summed E-state index contributed by atoms with van der Waals surface area (Å²) in [5.74, 6) is 1.65. The maximum absolute atomic E-state index is 6.79. The van der Waals surface area contributed by atoms with E-state index in [4.69, 9.17) is 27.3 Å². The number of hydrogen-bond donors (Lipinski definition) is 0. The molecule has 0 atom stereocenters. The maximum Gasteiger partial charge on any atom is 0.173 e. The molecular weight excluding hydrogens is 407 g/mol. The lowest BCUT2D eigenvalue weighted by atomic mass is 10.1. The van der Waals surface area contributed by atoms with E-state index >= 15 is 0 Å². The van der Waals surface area contributed by atoms with Crippen molar-refractivity contribution >= 4 is 39.8 Å². The molecule has 0 heterocycles. The number of unbranched alkanes of at least 4 members (excludes halogenated alkanes) is 12. The quantitative estimate of drug-likeness (QED) is 0.101. The highest BCUT2D eigenvalue weighted by molar-refractivity contribution is 6.84. The lowest BCUT2D eigenvalue weighted by Crippen LogP contribution is -2.44. The summed E-state index contributed by atoms with van der Waals surface area (Å²) in [6, 6.07) is 2.68. The highest BCUT2D eigenvalue weighted by Gasteiger charge is 2.32. The van der Waals surface area contributed by atoms with Crippen LogP contribution in [0.4, 0.5) is 0 Å². The van der Waals surface area contributed by atoms with Crippen molar-refractivity contribution < 1.29 is 4.12 Å². The van der Waals surface area contributed by atoms with Gasteiger partial charge in [0.15, 0.2) is 16.6 Å². The van der Waals surface area contributed by atoms with E-state index in [-0.39, 0.29) is 0 Å². The Labute approximate surface area is 183 Å². The molecule has 0 aliphatic carbocycles. The van der Waals surface area contributed by atoms with Crippen LogP contribution in [-0.2, 0) is 4.12 Å². The van der Waals surface area contributed by atoms with Crippen LogP contribution in [0.25, 0.3) is 0 Å². The molecule has 0 amide bonds. The van der Waals surface area contributed by atoms with Crippen LogP contribution in [0, 0.1) is 0 Å². The largest absolute Gasteiger partial charge is 0.455 e. The van der Waals surface area contributed by atoms with Crippen LogP contribution < -0.4 is 0 Å². The van der Waals surface area contributed by atoms with Crippen molar-refractivity contribution in [1.82, 2.24) is 0 Å². The van der Waals surface area contributed by atoms with Gasteiger partial charge in [-0.05, 0) is 51.1 Å². The monoisotopic (exact) mass is 454 g/mol. The van der Waals surface area contributed by atoms with Gasteiger partial charge in [-0.15, -0.1) is 23.2 Å². The van der Waals surface area contributed by atoms with E-state index in [1.165, 1.54) is 102 Å². The molecule has 0 aliphatic rings. The first kappa shape index (κ1) is 28.0. The van der Waals surface area contributed by atoms with Crippen LogP contribution in [0.5, 0.6) is 0 Å². The Kier molecular flexibility index (Phi) is 18.4. The average Bonchev–Trinajstić information content (AvgIpc) is 2.58. The first-order valence-electron chi connectivity index (χ1n) is 11.6. The fourth-order valence-electron chi connectivity index (χ4n) is 3.91. The minimum absolute atomic E-state index is 0.825. The predicted molar refractivity (Wildman–Crippen MR) is 132 cm³/mol.